The first kappa shape index (κ1) is 7.83. The number of allylic oxidation sites excluding steroid dienone is 1. The molecule has 0 saturated carbocycles. The van der Waals surface area contributed by atoms with Crippen molar-refractivity contribution in [3.8, 4) is 0 Å². The fourth-order valence-corrected chi connectivity index (χ4v) is 0.742. The normalized spacial score (nSPS) is 12.0. The van der Waals surface area contributed by atoms with Gasteiger partial charge in [0.05, 0.1) is 0 Å². The Morgan fingerprint density at radius 2 is 2.38 bits per heavy atom. The molecule has 0 aliphatic heterocycles. The second-order valence-corrected chi connectivity index (χ2v) is 2.00. The summed E-state index contributed by atoms with van der Waals surface area (Å²) >= 11 is 5.46. The standard InChI is InChI=1S/C6H12ClN/c1-2-6(5-8)3-4-7/h5H,2-4,8H2,1H3/b6-5-. The first-order valence-corrected chi connectivity index (χ1v) is 3.34. The minimum Gasteiger partial charge on any atom is -0.405 e. The van der Waals surface area contributed by atoms with Crippen molar-refractivity contribution >= 4 is 11.6 Å². The van der Waals surface area contributed by atoms with Crippen LogP contribution in [0.2, 0.25) is 0 Å². The Bertz CT molecular complexity index is 78.6. The third-order valence-electron chi connectivity index (χ3n) is 1.11. The smallest absolute Gasteiger partial charge is 0.0261 e. The Labute approximate surface area is 55.5 Å². The minimum absolute atomic E-state index is 0.677. The summed E-state index contributed by atoms with van der Waals surface area (Å²) < 4.78 is 0. The van der Waals surface area contributed by atoms with Gasteiger partial charge in [-0.2, -0.15) is 0 Å². The lowest BCUT2D eigenvalue weighted by Crippen LogP contribution is -1.88. The lowest BCUT2D eigenvalue weighted by molar-refractivity contribution is 0.974. The summed E-state index contributed by atoms with van der Waals surface area (Å²) in [6.45, 7) is 2.07. The molecule has 0 amide bonds. The summed E-state index contributed by atoms with van der Waals surface area (Å²) in [7, 11) is 0. The fraction of sp³-hybridized carbons (Fsp3) is 0.667. The first-order chi connectivity index (χ1) is 3.85. The zero-order valence-electron chi connectivity index (χ0n) is 5.15. The summed E-state index contributed by atoms with van der Waals surface area (Å²) in [5.74, 6) is 0.677. The van der Waals surface area contributed by atoms with Gasteiger partial charge in [0, 0.05) is 5.88 Å². The molecule has 0 aliphatic rings. The van der Waals surface area contributed by atoms with Gasteiger partial charge in [-0.25, -0.2) is 0 Å². The van der Waals surface area contributed by atoms with Crippen LogP contribution in [0, 0.1) is 0 Å². The van der Waals surface area contributed by atoms with E-state index in [1.807, 2.05) is 0 Å². The van der Waals surface area contributed by atoms with Crippen LogP contribution in [0.25, 0.3) is 0 Å². The van der Waals surface area contributed by atoms with E-state index in [2.05, 4.69) is 6.92 Å². The van der Waals surface area contributed by atoms with Gasteiger partial charge in [0.1, 0.15) is 0 Å². The van der Waals surface area contributed by atoms with Crippen LogP contribution in [-0.2, 0) is 0 Å². The largest absolute Gasteiger partial charge is 0.405 e. The van der Waals surface area contributed by atoms with Crippen molar-refractivity contribution < 1.29 is 0 Å². The highest BCUT2D eigenvalue weighted by atomic mass is 35.5. The van der Waals surface area contributed by atoms with Crippen LogP contribution in [0.1, 0.15) is 19.8 Å². The maximum absolute atomic E-state index is 5.46. The molecule has 2 N–H and O–H groups in total. The second kappa shape index (κ2) is 4.98. The summed E-state index contributed by atoms with van der Waals surface area (Å²) in [6, 6.07) is 0. The highest BCUT2D eigenvalue weighted by molar-refractivity contribution is 6.17. The van der Waals surface area contributed by atoms with Crippen molar-refractivity contribution in [2.24, 2.45) is 5.73 Å². The lowest BCUT2D eigenvalue weighted by atomic mass is 10.2. The number of nitrogens with two attached hydrogens (primary N) is 1. The van der Waals surface area contributed by atoms with E-state index >= 15 is 0 Å². The number of halogens is 1. The molecule has 8 heavy (non-hydrogen) atoms. The molecule has 0 aromatic carbocycles. The fourth-order valence-electron chi connectivity index (χ4n) is 0.499. The van der Waals surface area contributed by atoms with E-state index < -0.39 is 0 Å². The minimum atomic E-state index is 0.677. The Balaban J connectivity index is 3.38. The van der Waals surface area contributed by atoms with Gasteiger partial charge in [0.15, 0.2) is 0 Å². The molecule has 0 unspecified atom stereocenters. The Morgan fingerprint density at radius 3 is 2.50 bits per heavy atom. The van der Waals surface area contributed by atoms with Crippen molar-refractivity contribution in [3.63, 3.8) is 0 Å². The number of hydrogen-bond acceptors (Lipinski definition) is 1. The van der Waals surface area contributed by atoms with E-state index in [-0.39, 0.29) is 0 Å². The van der Waals surface area contributed by atoms with Gasteiger partial charge >= 0.3 is 0 Å². The molecule has 0 saturated heterocycles. The molecule has 0 rings (SSSR count). The van der Waals surface area contributed by atoms with Crippen LogP contribution < -0.4 is 5.73 Å². The Morgan fingerprint density at radius 1 is 1.75 bits per heavy atom. The van der Waals surface area contributed by atoms with Gasteiger partial charge in [-0.3, -0.25) is 0 Å². The van der Waals surface area contributed by atoms with Crippen LogP contribution in [0.15, 0.2) is 11.8 Å². The van der Waals surface area contributed by atoms with Gasteiger partial charge < -0.3 is 5.73 Å². The van der Waals surface area contributed by atoms with Crippen molar-refractivity contribution in [2.45, 2.75) is 19.8 Å². The third-order valence-corrected chi connectivity index (χ3v) is 1.29. The maximum atomic E-state index is 5.46. The van der Waals surface area contributed by atoms with Crippen molar-refractivity contribution in [3.05, 3.63) is 11.8 Å². The number of alkyl halides is 1. The predicted molar refractivity (Wildman–Crippen MR) is 37.9 cm³/mol. The molecule has 48 valence electrons. The summed E-state index contributed by atoms with van der Waals surface area (Å²) in [5.41, 5.74) is 6.48. The molecule has 0 heterocycles. The molecule has 0 radical (unpaired) electrons. The first-order valence-electron chi connectivity index (χ1n) is 2.80. The Kier molecular flexibility index (Phi) is 4.87. The van der Waals surface area contributed by atoms with E-state index in [4.69, 9.17) is 17.3 Å². The molecule has 0 atom stereocenters. The molecule has 0 spiro atoms. The monoisotopic (exact) mass is 133 g/mol. The van der Waals surface area contributed by atoms with Crippen LogP contribution in [-0.4, -0.2) is 5.88 Å². The van der Waals surface area contributed by atoms with Gasteiger partial charge in [-0.15, -0.1) is 11.6 Å². The molecule has 1 nitrogen and oxygen atoms in total. The molecule has 0 fully saturated rings. The van der Waals surface area contributed by atoms with E-state index in [0.29, 0.717) is 5.88 Å². The average molecular weight is 134 g/mol. The quantitative estimate of drug-likeness (QED) is 0.585. The molecule has 2 heteroatoms. The van der Waals surface area contributed by atoms with Crippen LogP contribution in [0.5, 0.6) is 0 Å². The average Bonchev–Trinajstić information content (AvgIpc) is 1.83. The van der Waals surface area contributed by atoms with Crippen LogP contribution in [0.4, 0.5) is 0 Å². The van der Waals surface area contributed by atoms with E-state index in [0.717, 1.165) is 12.8 Å². The van der Waals surface area contributed by atoms with E-state index in [1.165, 1.54) is 5.57 Å². The highest BCUT2D eigenvalue weighted by Gasteiger charge is 1.88. The molecular weight excluding hydrogens is 122 g/mol. The Hall–Kier alpha value is -0.170. The number of rotatable bonds is 3. The molecule has 0 aromatic rings. The predicted octanol–water partition coefficient (Wildman–Crippen LogP) is 1.87. The van der Waals surface area contributed by atoms with Crippen LogP contribution >= 0.6 is 11.6 Å². The van der Waals surface area contributed by atoms with Gasteiger partial charge in [0.25, 0.3) is 0 Å². The van der Waals surface area contributed by atoms with Gasteiger partial charge in [-0.05, 0) is 19.0 Å². The van der Waals surface area contributed by atoms with Crippen molar-refractivity contribution in [1.29, 1.82) is 0 Å². The van der Waals surface area contributed by atoms with E-state index in [1.54, 1.807) is 6.20 Å². The molecule has 0 aliphatic carbocycles. The van der Waals surface area contributed by atoms with E-state index in [9.17, 15) is 0 Å². The summed E-state index contributed by atoms with van der Waals surface area (Å²) in [5, 5.41) is 0. The van der Waals surface area contributed by atoms with Gasteiger partial charge in [-0.1, -0.05) is 12.5 Å². The zero-order chi connectivity index (χ0) is 6.41. The topological polar surface area (TPSA) is 26.0 Å². The van der Waals surface area contributed by atoms with Gasteiger partial charge in [0.2, 0.25) is 0 Å². The van der Waals surface area contributed by atoms with Crippen molar-refractivity contribution in [1.82, 2.24) is 0 Å². The molecule has 0 bridgehead atoms. The zero-order valence-corrected chi connectivity index (χ0v) is 5.91. The second-order valence-electron chi connectivity index (χ2n) is 1.62. The highest BCUT2D eigenvalue weighted by Crippen LogP contribution is 2.04. The molecular formula is C6H12ClN. The lowest BCUT2D eigenvalue weighted by Gasteiger charge is -1.96. The maximum Gasteiger partial charge on any atom is 0.0261 e. The summed E-state index contributed by atoms with van der Waals surface area (Å²) in [4.78, 5) is 0. The van der Waals surface area contributed by atoms with Crippen LogP contribution in [0.3, 0.4) is 0 Å². The molecule has 0 aromatic heterocycles. The summed E-state index contributed by atoms with van der Waals surface area (Å²) in [6.07, 6.45) is 3.58. The SMILES string of the molecule is CC/C(=C/N)CCCl. The van der Waals surface area contributed by atoms with Crippen molar-refractivity contribution in [2.75, 3.05) is 5.88 Å². The number of hydrogen-bond donors (Lipinski definition) is 1. The third kappa shape index (κ3) is 2.92.